The van der Waals surface area contributed by atoms with Crippen LogP contribution < -0.4 is 10.6 Å². The molecule has 4 rings (SSSR count). The molecule has 0 bridgehead atoms. The number of thiazole rings is 1. The number of nitrogens with zero attached hydrogens (tertiary/aromatic N) is 2. The number of imide groups is 1. The van der Waals surface area contributed by atoms with Crippen molar-refractivity contribution in [2.24, 2.45) is 0 Å². The second-order valence-electron chi connectivity index (χ2n) is 7.43. The van der Waals surface area contributed by atoms with Crippen LogP contribution in [0, 0.1) is 6.92 Å². The number of aryl methyl sites for hydroxylation is 1. The predicted molar refractivity (Wildman–Crippen MR) is 106 cm³/mol. The molecular weight excluding hydrogens is 376 g/mol. The number of benzene rings is 1. The summed E-state index contributed by atoms with van der Waals surface area (Å²) in [5, 5.41) is 8.17. The summed E-state index contributed by atoms with van der Waals surface area (Å²) >= 11 is 1.36. The van der Waals surface area contributed by atoms with Crippen LogP contribution in [0.1, 0.15) is 41.9 Å². The molecule has 146 valence electrons. The van der Waals surface area contributed by atoms with Crippen molar-refractivity contribution in [2.45, 2.75) is 51.1 Å². The Kier molecular flexibility index (Phi) is 4.89. The van der Waals surface area contributed by atoms with E-state index in [0.29, 0.717) is 23.5 Å². The lowest BCUT2D eigenvalue weighted by atomic mass is 9.98. The van der Waals surface area contributed by atoms with E-state index in [-0.39, 0.29) is 30.8 Å². The molecular formula is C20H22N4O3S. The summed E-state index contributed by atoms with van der Waals surface area (Å²) in [7, 11) is 0. The van der Waals surface area contributed by atoms with Crippen LogP contribution in [0.2, 0.25) is 0 Å². The lowest BCUT2D eigenvalue weighted by Crippen LogP contribution is -2.44. The minimum Gasteiger partial charge on any atom is -0.326 e. The minimum absolute atomic E-state index is 0.141. The van der Waals surface area contributed by atoms with Gasteiger partial charge in [-0.1, -0.05) is 30.5 Å². The standard InChI is InChI=1S/C20H22N4O3S/c1-13-4-6-14(7-5-13)21-16(25)10-17-22-15(12-28-17)11-24-18(26)20(23-19(24)27)8-2-3-9-20/h4-7,12H,2-3,8-11H2,1H3,(H,21,25)(H,23,27). The molecule has 1 saturated carbocycles. The van der Waals surface area contributed by atoms with E-state index in [1.165, 1.54) is 16.2 Å². The van der Waals surface area contributed by atoms with Gasteiger partial charge in [0.2, 0.25) is 5.91 Å². The number of hydrogen-bond donors (Lipinski definition) is 2. The number of anilines is 1. The molecule has 1 aromatic carbocycles. The number of nitrogens with one attached hydrogen (secondary N) is 2. The van der Waals surface area contributed by atoms with Crippen molar-refractivity contribution in [3.63, 3.8) is 0 Å². The maximum absolute atomic E-state index is 12.7. The molecule has 7 nitrogen and oxygen atoms in total. The van der Waals surface area contributed by atoms with Crippen LogP contribution in [0.15, 0.2) is 29.6 Å². The van der Waals surface area contributed by atoms with Gasteiger partial charge < -0.3 is 10.6 Å². The molecule has 2 fully saturated rings. The number of amides is 4. The fraction of sp³-hybridized carbons (Fsp3) is 0.400. The highest BCUT2D eigenvalue weighted by Gasteiger charge is 2.52. The molecule has 2 N–H and O–H groups in total. The first-order valence-electron chi connectivity index (χ1n) is 9.39. The highest BCUT2D eigenvalue weighted by atomic mass is 32.1. The average Bonchev–Trinajstić information content (AvgIpc) is 3.35. The van der Waals surface area contributed by atoms with E-state index in [1.807, 2.05) is 31.2 Å². The maximum Gasteiger partial charge on any atom is 0.325 e. The van der Waals surface area contributed by atoms with Crippen LogP contribution in [0.4, 0.5) is 10.5 Å². The van der Waals surface area contributed by atoms with Gasteiger partial charge in [-0.05, 0) is 31.9 Å². The van der Waals surface area contributed by atoms with Gasteiger partial charge in [0.15, 0.2) is 0 Å². The van der Waals surface area contributed by atoms with Crippen molar-refractivity contribution in [3.05, 3.63) is 45.9 Å². The molecule has 4 amide bonds. The second kappa shape index (κ2) is 7.35. The van der Waals surface area contributed by atoms with Crippen LogP contribution in [-0.4, -0.2) is 33.3 Å². The molecule has 1 aliphatic heterocycles. The lowest BCUT2D eigenvalue weighted by Gasteiger charge is -2.19. The molecule has 2 aromatic rings. The first kappa shape index (κ1) is 18.6. The van der Waals surface area contributed by atoms with Gasteiger partial charge in [-0.15, -0.1) is 11.3 Å². The summed E-state index contributed by atoms with van der Waals surface area (Å²) in [5.41, 5.74) is 1.79. The van der Waals surface area contributed by atoms with Gasteiger partial charge >= 0.3 is 6.03 Å². The third-order valence-electron chi connectivity index (χ3n) is 5.27. The van der Waals surface area contributed by atoms with Crippen molar-refractivity contribution in [2.75, 3.05) is 5.32 Å². The third kappa shape index (κ3) is 3.64. The molecule has 0 atom stereocenters. The Bertz CT molecular complexity index is 916. The highest BCUT2D eigenvalue weighted by molar-refractivity contribution is 7.09. The SMILES string of the molecule is Cc1ccc(NC(=O)Cc2nc(CN3C(=O)NC4(CCCC4)C3=O)cs2)cc1. The number of aromatic nitrogens is 1. The van der Waals surface area contributed by atoms with E-state index in [1.54, 1.807) is 5.38 Å². The Balaban J connectivity index is 1.36. The number of carbonyl (C=O) groups excluding carboxylic acids is 3. The molecule has 1 spiro atoms. The van der Waals surface area contributed by atoms with Crippen molar-refractivity contribution in [1.29, 1.82) is 0 Å². The molecule has 2 heterocycles. The van der Waals surface area contributed by atoms with E-state index in [0.717, 1.165) is 24.1 Å². The average molecular weight is 398 g/mol. The van der Waals surface area contributed by atoms with Crippen LogP contribution in [0.3, 0.4) is 0 Å². The van der Waals surface area contributed by atoms with Crippen molar-refractivity contribution in [3.8, 4) is 0 Å². The second-order valence-corrected chi connectivity index (χ2v) is 8.38. The molecule has 1 aromatic heterocycles. The Morgan fingerprint density at radius 3 is 2.68 bits per heavy atom. The normalized spacial score (nSPS) is 18.0. The Morgan fingerprint density at radius 2 is 1.96 bits per heavy atom. The van der Waals surface area contributed by atoms with E-state index in [2.05, 4.69) is 15.6 Å². The van der Waals surface area contributed by atoms with Crippen LogP contribution in [-0.2, 0) is 22.6 Å². The van der Waals surface area contributed by atoms with Gasteiger partial charge in [-0.2, -0.15) is 0 Å². The van der Waals surface area contributed by atoms with Gasteiger partial charge in [0.05, 0.1) is 18.7 Å². The molecule has 0 unspecified atom stereocenters. The Hall–Kier alpha value is -2.74. The fourth-order valence-electron chi connectivity index (χ4n) is 3.78. The van der Waals surface area contributed by atoms with Crippen molar-refractivity contribution in [1.82, 2.24) is 15.2 Å². The van der Waals surface area contributed by atoms with Gasteiger partial charge in [0, 0.05) is 11.1 Å². The van der Waals surface area contributed by atoms with Crippen LogP contribution >= 0.6 is 11.3 Å². The quantitative estimate of drug-likeness (QED) is 0.758. The molecule has 28 heavy (non-hydrogen) atoms. The van der Waals surface area contributed by atoms with Crippen LogP contribution in [0.25, 0.3) is 0 Å². The zero-order valence-corrected chi connectivity index (χ0v) is 16.5. The maximum atomic E-state index is 12.7. The summed E-state index contributed by atoms with van der Waals surface area (Å²) in [6.45, 7) is 2.13. The molecule has 1 saturated heterocycles. The zero-order valence-electron chi connectivity index (χ0n) is 15.7. The summed E-state index contributed by atoms with van der Waals surface area (Å²) in [6, 6.07) is 7.24. The largest absolute Gasteiger partial charge is 0.326 e. The third-order valence-corrected chi connectivity index (χ3v) is 6.17. The molecule has 1 aliphatic carbocycles. The summed E-state index contributed by atoms with van der Waals surface area (Å²) in [6.07, 6.45) is 3.47. The lowest BCUT2D eigenvalue weighted by molar-refractivity contribution is -0.131. The van der Waals surface area contributed by atoms with E-state index >= 15 is 0 Å². The van der Waals surface area contributed by atoms with Gasteiger partial charge in [-0.3, -0.25) is 14.5 Å². The first-order valence-corrected chi connectivity index (χ1v) is 10.3. The van der Waals surface area contributed by atoms with E-state index in [9.17, 15) is 14.4 Å². The first-order chi connectivity index (χ1) is 13.4. The fourth-order valence-corrected chi connectivity index (χ4v) is 4.57. The summed E-state index contributed by atoms with van der Waals surface area (Å²) in [5.74, 6) is -0.300. The summed E-state index contributed by atoms with van der Waals surface area (Å²) < 4.78 is 0. The summed E-state index contributed by atoms with van der Waals surface area (Å²) in [4.78, 5) is 42.9. The number of carbonyl (C=O) groups is 3. The Labute approximate surface area is 167 Å². The zero-order chi connectivity index (χ0) is 19.7. The molecule has 8 heteroatoms. The Morgan fingerprint density at radius 1 is 1.25 bits per heavy atom. The number of hydrogen-bond acceptors (Lipinski definition) is 5. The van der Waals surface area contributed by atoms with Crippen molar-refractivity contribution >= 4 is 34.9 Å². The minimum atomic E-state index is -0.705. The molecule has 0 radical (unpaired) electrons. The van der Waals surface area contributed by atoms with Crippen LogP contribution in [0.5, 0.6) is 0 Å². The van der Waals surface area contributed by atoms with E-state index < -0.39 is 5.54 Å². The van der Waals surface area contributed by atoms with Gasteiger partial charge in [0.1, 0.15) is 10.5 Å². The van der Waals surface area contributed by atoms with Crippen molar-refractivity contribution < 1.29 is 14.4 Å². The number of urea groups is 1. The smallest absolute Gasteiger partial charge is 0.325 e. The predicted octanol–water partition coefficient (Wildman–Crippen LogP) is 3.00. The van der Waals surface area contributed by atoms with E-state index in [4.69, 9.17) is 0 Å². The topological polar surface area (TPSA) is 91.4 Å². The van der Waals surface area contributed by atoms with Gasteiger partial charge in [-0.25, -0.2) is 9.78 Å². The van der Waals surface area contributed by atoms with Gasteiger partial charge in [0.25, 0.3) is 5.91 Å². The monoisotopic (exact) mass is 398 g/mol. The highest BCUT2D eigenvalue weighted by Crippen LogP contribution is 2.35. The molecule has 2 aliphatic rings. The number of rotatable bonds is 5.